The molecule has 1 nitrogen and oxygen atoms in total. The topological polar surface area (TPSA) is 26.0 Å². The lowest BCUT2D eigenvalue weighted by Crippen LogP contribution is -2.04. The van der Waals surface area contributed by atoms with E-state index in [4.69, 9.17) is 5.73 Å². The van der Waals surface area contributed by atoms with Gasteiger partial charge in [0.2, 0.25) is 0 Å². The predicted molar refractivity (Wildman–Crippen MR) is 30.7 cm³/mol. The van der Waals surface area contributed by atoms with E-state index in [1.165, 1.54) is 6.08 Å². The smallest absolute Gasteiger partial charge is 0.144 e. The molecule has 1 aliphatic carbocycles. The molecule has 0 aliphatic heterocycles. The van der Waals surface area contributed by atoms with E-state index in [-0.39, 0.29) is 12.1 Å². The fraction of sp³-hybridized carbons (Fsp3) is 0.333. The van der Waals surface area contributed by atoms with Crippen molar-refractivity contribution >= 4 is 0 Å². The largest absolute Gasteiger partial charge is 0.394 e. The van der Waals surface area contributed by atoms with E-state index in [1.807, 2.05) is 0 Å². The number of allylic oxidation sites excluding steroid dienone is 3. The average Bonchev–Trinajstić information content (AvgIpc) is 1.83. The van der Waals surface area contributed by atoms with Gasteiger partial charge in [0.15, 0.2) is 0 Å². The Morgan fingerprint density at radius 1 is 1.44 bits per heavy atom. The molecule has 0 unspecified atom stereocenters. The Kier molecular flexibility index (Phi) is 1.51. The summed E-state index contributed by atoms with van der Waals surface area (Å²) in [4.78, 5) is 0. The normalized spacial score (nSPS) is 20.0. The molecule has 1 aliphatic rings. The Hall–Kier alpha value is -0.860. The van der Waals surface area contributed by atoms with Crippen LogP contribution < -0.4 is 5.73 Å². The minimum atomic E-state index is -0.626. The van der Waals surface area contributed by atoms with E-state index in [1.54, 1.807) is 0 Å². The van der Waals surface area contributed by atoms with Gasteiger partial charge < -0.3 is 5.73 Å². The van der Waals surface area contributed by atoms with Crippen LogP contribution in [0.1, 0.15) is 12.8 Å². The number of hydrogen-bond donors (Lipinski definition) is 1. The van der Waals surface area contributed by atoms with Gasteiger partial charge in [0.1, 0.15) is 11.7 Å². The monoisotopic (exact) mass is 131 g/mol. The quantitative estimate of drug-likeness (QED) is 0.532. The lowest BCUT2D eigenvalue weighted by atomic mass is 10.1. The molecule has 0 aromatic heterocycles. The molecule has 1 rings (SSSR count). The second-order valence-electron chi connectivity index (χ2n) is 1.91. The van der Waals surface area contributed by atoms with E-state index in [0.29, 0.717) is 6.42 Å². The van der Waals surface area contributed by atoms with Crippen molar-refractivity contribution in [2.75, 3.05) is 0 Å². The summed E-state index contributed by atoms with van der Waals surface area (Å²) in [7, 11) is 0. The maximum Gasteiger partial charge on any atom is 0.144 e. The average molecular weight is 131 g/mol. The standard InChI is InChI=1S/C6H7F2N/c7-4-2-1-3-5(8)6(4)9/h2H,1,3,9H2. The molecule has 0 amide bonds. The third-order valence-corrected chi connectivity index (χ3v) is 1.24. The summed E-state index contributed by atoms with van der Waals surface area (Å²) in [6, 6.07) is 0. The highest BCUT2D eigenvalue weighted by atomic mass is 19.1. The highest BCUT2D eigenvalue weighted by Gasteiger charge is 2.11. The Bertz CT molecular complexity index is 181. The third kappa shape index (κ3) is 1.09. The van der Waals surface area contributed by atoms with Crippen molar-refractivity contribution in [1.29, 1.82) is 0 Å². The molecular weight excluding hydrogens is 124 g/mol. The molecule has 0 spiro atoms. The molecule has 3 heteroatoms. The van der Waals surface area contributed by atoms with Gasteiger partial charge in [-0.15, -0.1) is 0 Å². The van der Waals surface area contributed by atoms with Gasteiger partial charge in [0.05, 0.1) is 5.70 Å². The molecule has 0 aromatic carbocycles. The molecule has 0 saturated heterocycles. The van der Waals surface area contributed by atoms with Crippen LogP contribution in [0.4, 0.5) is 8.78 Å². The Morgan fingerprint density at radius 3 is 2.56 bits per heavy atom. The molecule has 2 N–H and O–H groups in total. The van der Waals surface area contributed by atoms with E-state index >= 15 is 0 Å². The van der Waals surface area contributed by atoms with Crippen molar-refractivity contribution in [1.82, 2.24) is 0 Å². The second kappa shape index (κ2) is 2.17. The summed E-state index contributed by atoms with van der Waals surface area (Å²) in [5.74, 6) is -1.16. The van der Waals surface area contributed by atoms with Crippen molar-refractivity contribution in [3.8, 4) is 0 Å². The molecule has 0 radical (unpaired) electrons. The van der Waals surface area contributed by atoms with Crippen molar-refractivity contribution in [2.45, 2.75) is 12.8 Å². The van der Waals surface area contributed by atoms with Crippen molar-refractivity contribution < 1.29 is 8.78 Å². The first-order valence-corrected chi connectivity index (χ1v) is 2.72. The summed E-state index contributed by atoms with van der Waals surface area (Å²) in [6.45, 7) is 0. The summed E-state index contributed by atoms with van der Waals surface area (Å²) < 4.78 is 24.6. The van der Waals surface area contributed by atoms with Crippen molar-refractivity contribution in [3.05, 3.63) is 23.4 Å². The van der Waals surface area contributed by atoms with E-state index in [2.05, 4.69) is 0 Å². The van der Waals surface area contributed by atoms with Crippen LogP contribution in [-0.4, -0.2) is 0 Å². The summed E-state index contributed by atoms with van der Waals surface area (Å²) in [5, 5.41) is 0. The third-order valence-electron chi connectivity index (χ3n) is 1.24. The molecule has 9 heavy (non-hydrogen) atoms. The Morgan fingerprint density at radius 2 is 2.11 bits per heavy atom. The number of nitrogens with two attached hydrogens (primary N) is 1. The maximum atomic E-state index is 12.3. The number of halogens is 2. The highest BCUT2D eigenvalue weighted by Crippen LogP contribution is 2.22. The van der Waals surface area contributed by atoms with E-state index in [9.17, 15) is 8.78 Å². The van der Waals surface area contributed by atoms with Gasteiger partial charge in [-0.3, -0.25) is 0 Å². The summed E-state index contributed by atoms with van der Waals surface area (Å²) in [6.07, 6.45) is 1.94. The lowest BCUT2D eigenvalue weighted by molar-refractivity contribution is 0.538. The van der Waals surface area contributed by atoms with Gasteiger partial charge in [-0.1, -0.05) is 0 Å². The van der Waals surface area contributed by atoms with Crippen LogP contribution in [0.3, 0.4) is 0 Å². The first kappa shape index (κ1) is 6.26. The Labute approximate surface area is 51.8 Å². The molecule has 0 atom stereocenters. The summed E-state index contributed by atoms with van der Waals surface area (Å²) in [5.41, 5.74) is 4.65. The first-order valence-electron chi connectivity index (χ1n) is 2.72. The van der Waals surface area contributed by atoms with Gasteiger partial charge >= 0.3 is 0 Å². The molecule has 50 valence electrons. The molecule has 0 heterocycles. The van der Waals surface area contributed by atoms with Crippen LogP contribution in [0.5, 0.6) is 0 Å². The fourth-order valence-corrected chi connectivity index (χ4v) is 0.700. The number of rotatable bonds is 0. The number of hydrogen-bond acceptors (Lipinski definition) is 1. The fourth-order valence-electron chi connectivity index (χ4n) is 0.700. The summed E-state index contributed by atoms with van der Waals surface area (Å²) >= 11 is 0. The molecule has 0 fully saturated rings. The zero-order valence-electron chi connectivity index (χ0n) is 4.82. The zero-order valence-corrected chi connectivity index (χ0v) is 4.82. The minimum Gasteiger partial charge on any atom is -0.394 e. The van der Waals surface area contributed by atoms with Gasteiger partial charge in [0.25, 0.3) is 0 Å². The van der Waals surface area contributed by atoms with Crippen molar-refractivity contribution in [2.24, 2.45) is 5.73 Å². The molecule has 0 bridgehead atoms. The van der Waals surface area contributed by atoms with Crippen LogP contribution in [-0.2, 0) is 0 Å². The SMILES string of the molecule is NC1=C(F)CCC=C1F. The van der Waals surface area contributed by atoms with Crippen LogP contribution in [0.2, 0.25) is 0 Å². The minimum absolute atomic E-state index is 0.235. The first-order chi connectivity index (χ1) is 4.22. The maximum absolute atomic E-state index is 12.3. The molecule has 0 aromatic rings. The van der Waals surface area contributed by atoms with E-state index in [0.717, 1.165) is 0 Å². The van der Waals surface area contributed by atoms with Crippen LogP contribution in [0, 0.1) is 0 Å². The van der Waals surface area contributed by atoms with Gasteiger partial charge in [-0.05, 0) is 12.5 Å². The van der Waals surface area contributed by atoms with Crippen LogP contribution >= 0.6 is 0 Å². The van der Waals surface area contributed by atoms with E-state index < -0.39 is 11.7 Å². The molecule has 0 saturated carbocycles. The van der Waals surface area contributed by atoms with Crippen LogP contribution in [0.25, 0.3) is 0 Å². The second-order valence-corrected chi connectivity index (χ2v) is 1.91. The Balaban J connectivity index is 2.88. The van der Waals surface area contributed by atoms with Crippen LogP contribution in [0.15, 0.2) is 23.4 Å². The highest BCUT2D eigenvalue weighted by molar-refractivity contribution is 5.28. The van der Waals surface area contributed by atoms with Gasteiger partial charge in [0, 0.05) is 6.42 Å². The predicted octanol–water partition coefficient (Wildman–Crippen LogP) is 1.77. The van der Waals surface area contributed by atoms with Gasteiger partial charge in [-0.2, -0.15) is 0 Å². The zero-order chi connectivity index (χ0) is 6.85. The molecular formula is C6H7F2N. The lowest BCUT2D eigenvalue weighted by Gasteiger charge is -2.05. The van der Waals surface area contributed by atoms with Gasteiger partial charge in [-0.25, -0.2) is 8.78 Å². The van der Waals surface area contributed by atoms with Crippen molar-refractivity contribution in [3.63, 3.8) is 0 Å².